The third-order valence-electron chi connectivity index (χ3n) is 2.97. The maximum atomic E-state index is 11.5. The van der Waals surface area contributed by atoms with Crippen LogP contribution in [0.4, 0.5) is 0 Å². The molecule has 100 valence electrons. The predicted molar refractivity (Wildman–Crippen MR) is 68.9 cm³/mol. The van der Waals surface area contributed by atoms with Crippen molar-refractivity contribution in [1.82, 2.24) is 0 Å². The molecule has 1 aromatic rings. The number of hydrogen-bond donors (Lipinski definition) is 1. The first kappa shape index (κ1) is 14.5. The van der Waals surface area contributed by atoms with Gasteiger partial charge in [0.2, 0.25) is 0 Å². The van der Waals surface area contributed by atoms with Gasteiger partial charge in [-0.3, -0.25) is 4.79 Å². The van der Waals surface area contributed by atoms with Crippen molar-refractivity contribution < 1.29 is 19.4 Å². The van der Waals surface area contributed by atoms with Gasteiger partial charge in [-0.2, -0.15) is 0 Å². The van der Waals surface area contributed by atoms with Crippen LogP contribution in [0.15, 0.2) is 18.2 Å². The first-order chi connectivity index (χ1) is 8.51. The average Bonchev–Trinajstić information content (AvgIpc) is 2.36. The van der Waals surface area contributed by atoms with Crippen molar-refractivity contribution in [3.63, 3.8) is 0 Å². The summed E-state index contributed by atoms with van der Waals surface area (Å²) < 4.78 is 10.7. The van der Waals surface area contributed by atoms with Gasteiger partial charge in [0.05, 0.1) is 13.2 Å². The topological polar surface area (TPSA) is 55.8 Å². The van der Waals surface area contributed by atoms with Crippen LogP contribution < -0.4 is 4.74 Å². The standard InChI is InChI=1S/C14H20O4/c1-5-18-14(9(2)10(3)15)11-6-7-12(16)13(8-11)17-4/h6-9,14,16H,5H2,1-4H3/t9-,14-/m0/s1. The number of phenols is 1. The zero-order chi connectivity index (χ0) is 13.7. The Kier molecular flexibility index (Phi) is 5.16. The van der Waals surface area contributed by atoms with E-state index in [4.69, 9.17) is 9.47 Å². The van der Waals surface area contributed by atoms with Crippen molar-refractivity contribution in [2.45, 2.75) is 26.9 Å². The van der Waals surface area contributed by atoms with Crippen molar-refractivity contribution >= 4 is 5.78 Å². The van der Waals surface area contributed by atoms with Gasteiger partial charge in [-0.25, -0.2) is 0 Å². The van der Waals surface area contributed by atoms with Gasteiger partial charge in [0.15, 0.2) is 11.5 Å². The van der Waals surface area contributed by atoms with Gasteiger partial charge in [0.1, 0.15) is 5.78 Å². The van der Waals surface area contributed by atoms with Gasteiger partial charge in [-0.05, 0) is 31.5 Å². The Labute approximate surface area is 108 Å². The molecule has 0 unspecified atom stereocenters. The molecule has 0 spiro atoms. The van der Waals surface area contributed by atoms with Crippen LogP contribution in [-0.4, -0.2) is 24.6 Å². The minimum absolute atomic E-state index is 0.0699. The van der Waals surface area contributed by atoms with E-state index in [1.165, 1.54) is 7.11 Å². The van der Waals surface area contributed by atoms with Crippen LogP contribution in [0.5, 0.6) is 11.5 Å². The van der Waals surface area contributed by atoms with Crippen LogP contribution in [0, 0.1) is 5.92 Å². The summed E-state index contributed by atoms with van der Waals surface area (Å²) >= 11 is 0. The van der Waals surface area contributed by atoms with E-state index >= 15 is 0 Å². The van der Waals surface area contributed by atoms with Crippen LogP contribution in [0.1, 0.15) is 32.4 Å². The second-order valence-electron chi connectivity index (χ2n) is 4.21. The first-order valence-corrected chi connectivity index (χ1v) is 6.00. The molecule has 0 aliphatic carbocycles. The van der Waals surface area contributed by atoms with Crippen LogP contribution >= 0.6 is 0 Å². The zero-order valence-corrected chi connectivity index (χ0v) is 11.3. The number of phenolic OH excluding ortho intramolecular Hbond substituents is 1. The molecular weight excluding hydrogens is 232 g/mol. The highest BCUT2D eigenvalue weighted by atomic mass is 16.5. The summed E-state index contributed by atoms with van der Waals surface area (Å²) in [6.07, 6.45) is -0.318. The molecule has 18 heavy (non-hydrogen) atoms. The van der Waals surface area contributed by atoms with Crippen molar-refractivity contribution in [3.8, 4) is 11.5 Å². The van der Waals surface area contributed by atoms with E-state index in [0.29, 0.717) is 12.4 Å². The molecule has 0 radical (unpaired) electrons. The number of methoxy groups -OCH3 is 1. The lowest BCUT2D eigenvalue weighted by molar-refractivity contribution is -0.125. The molecule has 4 heteroatoms. The van der Waals surface area contributed by atoms with Gasteiger partial charge >= 0.3 is 0 Å². The third kappa shape index (κ3) is 3.23. The van der Waals surface area contributed by atoms with E-state index < -0.39 is 0 Å². The second kappa shape index (κ2) is 6.40. The maximum absolute atomic E-state index is 11.5. The Bertz CT molecular complexity index is 414. The number of carbonyl (C=O) groups excluding carboxylic acids is 1. The van der Waals surface area contributed by atoms with Gasteiger partial charge in [0, 0.05) is 12.5 Å². The van der Waals surface area contributed by atoms with E-state index in [1.807, 2.05) is 13.8 Å². The van der Waals surface area contributed by atoms with E-state index in [2.05, 4.69) is 0 Å². The van der Waals surface area contributed by atoms with Crippen LogP contribution in [0.2, 0.25) is 0 Å². The zero-order valence-electron chi connectivity index (χ0n) is 11.3. The summed E-state index contributed by atoms with van der Waals surface area (Å²) in [5.74, 6) is 0.291. The molecule has 1 aromatic carbocycles. The minimum Gasteiger partial charge on any atom is -0.504 e. The fraction of sp³-hybridized carbons (Fsp3) is 0.500. The number of Topliss-reactive ketones (excluding diaryl/α,β-unsaturated/α-hetero) is 1. The van der Waals surface area contributed by atoms with Crippen LogP contribution in [0.25, 0.3) is 0 Å². The fourth-order valence-corrected chi connectivity index (χ4v) is 1.79. The molecule has 0 bridgehead atoms. The van der Waals surface area contributed by atoms with Gasteiger partial charge in [-0.15, -0.1) is 0 Å². The quantitative estimate of drug-likeness (QED) is 0.845. The Morgan fingerprint density at radius 2 is 2.11 bits per heavy atom. The molecule has 4 nitrogen and oxygen atoms in total. The molecule has 2 atom stereocenters. The Morgan fingerprint density at radius 1 is 1.44 bits per heavy atom. The molecular formula is C14H20O4. The van der Waals surface area contributed by atoms with Crippen molar-refractivity contribution in [1.29, 1.82) is 0 Å². The Morgan fingerprint density at radius 3 is 2.61 bits per heavy atom. The number of ketones is 1. The molecule has 1 rings (SSSR count). The number of ether oxygens (including phenoxy) is 2. The molecule has 0 amide bonds. The number of benzene rings is 1. The molecule has 0 fully saturated rings. The highest BCUT2D eigenvalue weighted by Crippen LogP contribution is 2.33. The highest BCUT2D eigenvalue weighted by Gasteiger charge is 2.24. The van der Waals surface area contributed by atoms with Crippen molar-refractivity contribution in [3.05, 3.63) is 23.8 Å². The smallest absolute Gasteiger partial charge is 0.160 e. The summed E-state index contributed by atoms with van der Waals surface area (Å²) in [7, 11) is 1.49. The summed E-state index contributed by atoms with van der Waals surface area (Å²) in [6, 6.07) is 5.00. The highest BCUT2D eigenvalue weighted by molar-refractivity contribution is 5.78. The van der Waals surface area contributed by atoms with Gasteiger partial charge in [0.25, 0.3) is 0 Å². The lowest BCUT2D eigenvalue weighted by Gasteiger charge is -2.23. The molecule has 1 N–H and O–H groups in total. The summed E-state index contributed by atoms with van der Waals surface area (Å²) in [5, 5.41) is 9.56. The van der Waals surface area contributed by atoms with Crippen LogP contribution in [0.3, 0.4) is 0 Å². The van der Waals surface area contributed by atoms with Gasteiger partial charge < -0.3 is 14.6 Å². The van der Waals surface area contributed by atoms with E-state index in [0.717, 1.165) is 5.56 Å². The lowest BCUT2D eigenvalue weighted by Crippen LogP contribution is -2.20. The number of rotatable bonds is 6. The van der Waals surface area contributed by atoms with E-state index in [-0.39, 0.29) is 23.6 Å². The Balaban J connectivity index is 3.09. The van der Waals surface area contributed by atoms with E-state index in [1.54, 1.807) is 25.1 Å². The fourth-order valence-electron chi connectivity index (χ4n) is 1.79. The minimum atomic E-state index is -0.318. The third-order valence-corrected chi connectivity index (χ3v) is 2.97. The molecule has 0 aliphatic rings. The van der Waals surface area contributed by atoms with Crippen molar-refractivity contribution in [2.75, 3.05) is 13.7 Å². The molecule has 0 saturated heterocycles. The SMILES string of the molecule is CCO[C@H](c1ccc(O)c(OC)c1)[C@@H](C)C(C)=O. The predicted octanol–water partition coefficient (Wildman–Crippen LogP) is 2.70. The number of carbonyl (C=O) groups is 1. The maximum Gasteiger partial charge on any atom is 0.160 e. The molecule has 0 heterocycles. The van der Waals surface area contributed by atoms with Crippen molar-refractivity contribution in [2.24, 2.45) is 5.92 Å². The Hall–Kier alpha value is -1.55. The van der Waals surface area contributed by atoms with E-state index in [9.17, 15) is 9.90 Å². The normalized spacial score (nSPS) is 14.0. The number of aromatic hydroxyl groups is 1. The summed E-state index contributed by atoms with van der Waals surface area (Å²) in [6.45, 7) is 5.79. The molecule has 0 aliphatic heterocycles. The largest absolute Gasteiger partial charge is 0.504 e. The monoisotopic (exact) mass is 252 g/mol. The lowest BCUT2D eigenvalue weighted by atomic mass is 9.94. The summed E-state index contributed by atoms with van der Waals surface area (Å²) in [5.41, 5.74) is 0.828. The first-order valence-electron chi connectivity index (χ1n) is 6.00. The second-order valence-corrected chi connectivity index (χ2v) is 4.21. The van der Waals surface area contributed by atoms with Gasteiger partial charge in [-0.1, -0.05) is 13.0 Å². The van der Waals surface area contributed by atoms with Crippen LogP contribution in [-0.2, 0) is 9.53 Å². The average molecular weight is 252 g/mol. The molecule has 0 aromatic heterocycles. The number of hydrogen-bond acceptors (Lipinski definition) is 4. The summed E-state index contributed by atoms with van der Waals surface area (Å²) in [4.78, 5) is 11.5. The molecule has 0 saturated carbocycles.